The molecule has 0 atom stereocenters. The molecule has 0 saturated carbocycles. The highest BCUT2D eigenvalue weighted by Gasteiger charge is 2.47. The standard InChI is InChI=1S/C23H18F3N3O3/c1-22(2)18-14(13-8-9-16(23(24,25)26)15(12-13)19(30)32-3)6-4-7-17(18)29(20(22)31)21-27-10-5-11-28-21/h4-12H,1-3H3. The first kappa shape index (κ1) is 21.5. The van der Waals surface area contributed by atoms with Crippen molar-refractivity contribution < 1.29 is 27.5 Å². The number of halogens is 3. The van der Waals surface area contributed by atoms with Crippen molar-refractivity contribution in [3.05, 3.63) is 71.5 Å². The number of esters is 1. The molecule has 0 saturated heterocycles. The number of carbonyl (C=O) groups excluding carboxylic acids is 2. The number of ether oxygens (including phenoxy) is 1. The van der Waals surface area contributed by atoms with Gasteiger partial charge in [-0.25, -0.2) is 19.7 Å². The Hall–Kier alpha value is -3.75. The van der Waals surface area contributed by atoms with Crippen molar-refractivity contribution in [2.24, 2.45) is 0 Å². The number of anilines is 2. The lowest BCUT2D eigenvalue weighted by Crippen LogP contribution is -2.34. The number of aromatic nitrogens is 2. The summed E-state index contributed by atoms with van der Waals surface area (Å²) in [5, 5.41) is 0. The van der Waals surface area contributed by atoms with Gasteiger partial charge in [0.05, 0.1) is 29.3 Å². The van der Waals surface area contributed by atoms with Gasteiger partial charge in [-0.2, -0.15) is 13.2 Å². The van der Waals surface area contributed by atoms with Gasteiger partial charge in [-0.15, -0.1) is 0 Å². The van der Waals surface area contributed by atoms with Crippen LogP contribution in [0.15, 0.2) is 54.9 Å². The minimum absolute atomic E-state index is 0.198. The molecule has 2 heterocycles. The van der Waals surface area contributed by atoms with Crippen molar-refractivity contribution in [1.82, 2.24) is 9.97 Å². The first-order chi connectivity index (χ1) is 15.1. The zero-order valence-electron chi connectivity index (χ0n) is 17.4. The van der Waals surface area contributed by atoms with E-state index in [2.05, 4.69) is 14.7 Å². The third-order valence-electron chi connectivity index (χ3n) is 5.44. The number of benzene rings is 2. The van der Waals surface area contributed by atoms with Crippen LogP contribution in [0.3, 0.4) is 0 Å². The van der Waals surface area contributed by atoms with Crippen LogP contribution in [-0.2, 0) is 21.1 Å². The van der Waals surface area contributed by atoms with Gasteiger partial charge >= 0.3 is 12.1 Å². The minimum atomic E-state index is -4.72. The smallest absolute Gasteiger partial charge is 0.417 e. The topological polar surface area (TPSA) is 72.4 Å². The van der Waals surface area contributed by atoms with Gasteiger partial charge in [-0.3, -0.25) is 4.79 Å². The summed E-state index contributed by atoms with van der Waals surface area (Å²) in [5.74, 6) is -1.17. The number of carbonyl (C=O) groups is 2. The molecule has 1 aliphatic rings. The summed E-state index contributed by atoms with van der Waals surface area (Å²) in [6.45, 7) is 3.46. The number of methoxy groups -OCH3 is 1. The van der Waals surface area contributed by atoms with E-state index in [9.17, 15) is 22.8 Å². The van der Waals surface area contributed by atoms with Crippen LogP contribution in [0.5, 0.6) is 0 Å². The Morgan fingerprint density at radius 1 is 1.06 bits per heavy atom. The highest BCUT2D eigenvalue weighted by atomic mass is 19.4. The van der Waals surface area contributed by atoms with Crippen molar-refractivity contribution in [1.29, 1.82) is 0 Å². The summed E-state index contributed by atoms with van der Waals surface area (Å²) in [6.07, 6.45) is -1.69. The van der Waals surface area contributed by atoms with Crippen LogP contribution in [0.4, 0.5) is 24.8 Å². The summed E-state index contributed by atoms with van der Waals surface area (Å²) in [5.41, 5.74) is -0.684. The molecular formula is C23H18F3N3O3. The van der Waals surface area contributed by atoms with Crippen LogP contribution in [0.2, 0.25) is 0 Å². The third-order valence-corrected chi connectivity index (χ3v) is 5.44. The predicted octanol–water partition coefficient (Wildman–Crippen LogP) is 4.90. The average molecular weight is 441 g/mol. The molecule has 32 heavy (non-hydrogen) atoms. The van der Waals surface area contributed by atoms with Crippen LogP contribution in [-0.4, -0.2) is 29.0 Å². The summed E-state index contributed by atoms with van der Waals surface area (Å²) >= 11 is 0. The molecule has 0 N–H and O–H groups in total. The van der Waals surface area contributed by atoms with E-state index in [0.717, 1.165) is 19.2 Å². The van der Waals surface area contributed by atoms with Gasteiger partial charge in [-0.1, -0.05) is 18.2 Å². The van der Waals surface area contributed by atoms with Gasteiger partial charge in [0.25, 0.3) is 0 Å². The molecule has 1 aromatic heterocycles. The molecular weight excluding hydrogens is 423 g/mol. The quantitative estimate of drug-likeness (QED) is 0.541. The van der Waals surface area contributed by atoms with Gasteiger partial charge in [0.15, 0.2) is 0 Å². The lowest BCUT2D eigenvalue weighted by atomic mass is 9.81. The molecule has 2 aromatic carbocycles. The fourth-order valence-corrected chi connectivity index (χ4v) is 3.96. The van der Waals surface area contributed by atoms with Crippen molar-refractivity contribution in [3.63, 3.8) is 0 Å². The molecule has 164 valence electrons. The Labute approximate surface area is 181 Å². The van der Waals surface area contributed by atoms with E-state index in [-0.39, 0.29) is 11.9 Å². The van der Waals surface area contributed by atoms with Crippen molar-refractivity contribution >= 4 is 23.5 Å². The number of fused-ring (bicyclic) bond motifs is 1. The van der Waals surface area contributed by atoms with Gasteiger partial charge in [0.2, 0.25) is 11.9 Å². The average Bonchev–Trinajstić information content (AvgIpc) is 2.98. The Kier molecular flexibility index (Phi) is 4.99. The lowest BCUT2D eigenvalue weighted by Gasteiger charge is -2.20. The Balaban J connectivity index is 1.94. The Bertz CT molecular complexity index is 1220. The molecule has 1 amide bonds. The lowest BCUT2D eigenvalue weighted by molar-refractivity contribution is -0.138. The van der Waals surface area contributed by atoms with Crippen molar-refractivity contribution in [2.75, 3.05) is 12.0 Å². The number of amides is 1. The molecule has 1 aliphatic heterocycles. The predicted molar refractivity (Wildman–Crippen MR) is 110 cm³/mol. The maximum Gasteiger partial charge on any atom is 0.417 e. The van der Waals surface area contributed by atoms with Gasteiger partial charge in [0.1, 0.15) is 0 Å². The second kappa shape index (κ2) is 7.44. The Morgan fingerprint density at radius 3 is 2.38 bits per heavy atom. The number of rotatable bonds is 3. The molecule has 0 unspecified atom stereocenters. The molecule has 0 spiro atoms. The first-order valence-corrected chi connectivity index (χ1v) is 9.62. The van der Waals surface area contributed by atoms with Crippen molar-refractivity contribution in [2.45, 2.75) is 25.4 Å². The number of alkyl halides is 3. The van der Waals surface area contributed by atoms with Crippen LogP contribution >= 0.6 is 0 Å². The van der Waals surface area contributed by atoms with Crippen LogP contribution in [0.25, 0.3) is 11.1 Å². The van der Waals surface area contributed by atoms with Gasteiger partial charge < -0.3 is 4.74 Å². The van der Waals surface area contributed by atoms with E-state index in [1.807, 2.05) is 0 Å². The molecule has 0 fully saturated rings. The van der Waals surface area contributed by atoms with Crippen molar-refractivity contribution in [3.8, 4) is 11.1 Å². The maximum absolute atomic E-state index is 13.4. The number of hydrogen-bond donors (Lipinski definition) is 0. The Morgan fingerprint density at radius 2 is 1.75 bits per heavy atom. The van der Waals surface area contributed by atoms with Gasteiger partial charge in [-0.05, 0) is 54.8 Å². The molecule has 9 heteroatoms. The second-order valence-corrected chi connectivity index (χ2v) is 7.76. The third kappa shape index (κ3) is 3.30. The highest BCUT2D eigenvalue weighted by Crippen LogP contribution is 2.49. The van der Waals surface area contributed by atoms with E-state index in [0.29, 0.717) is 22.4 Å². The molecule has 3 aromatic rings. The first-order valence-electron chi connectivity index (χ1n) is 9.62. The van der Waals surface area contributed by atoms with E-state index in [1.54, 1.807) is 38.1 Å². The molecule has 4 rings (SSSR count). The zero-order valence-corrected chi connectivity index (χ0v) is 17.4. The van der Waals surface area contributed by atoms with Crippen LogP contribution in [0.1, 0.15) is 35.3 Å². The van der Waals surface area contributed by atoms with Crippen LogP contribution in [0, 0.1) is 0 Å². The van der Waals surface area contributed by atoms with E-state index in [4.69, 9.17) is 0 Å². The monoisotopic (exact) mass is 441 g/mol. The summed E-state index contributed by atoms with van der Waals surface area (Å²) in [7, 11) is 1.02. The number of hydrogen-bond acceptors (Lipinski definition) is 5. The summed E-state index contributed by atoms with van der Waals surface area (Å²) in [4.78, 5) is 35.2. The summed E-state index contributed by atoms with van der Waals surface area (Å²) in [6, 6.07) is 10.0. The maximum atomic E-state index is 13.4. The number of nitrogens with zero attached hydrogens (tertiary/aromatic N) is 3. The molecule has 0 aliphatic carbocycles. The fraction of sp³-hybridized carbons (Fsp3) is 0.217. The molecule has 0 radical (unpaired) electrons. The SMILES string of the molecule is COC(=O)c1cc(-c2cccc3c2C(C)(C)C(=O)N3c2ncccn2)ccc1C(F)(F)F. The molecule has 0 bridgehead atoms. The van der Waals surface area contributed by atoms with Gasteiger partial charge in [0, 0.05) is 12.4 Å². The summed E-state index contributed by atoms with van der Waals surface area (Å²) < 4.78 is 44.9. The largest absolute Gasteiger partial charge is 0.465 e. The molecule has 6 nitrogen and oxygen atoms in total. The van der Waals surface area contributed by atoms with E-state index >= 15 is 0 Å². The van der Waals surface area contributed by atoms with Crippen LogP contribution < -0.4 is 4.90 Å². The van der Waals surface area contributed by atoms with E-state index < -0.39 is 28.7 Å². The fourth-order valence-electron chi connectivity index (χ4n) is 3.96. The van der Waals surface area contributed by atoms with E-state index in [1.165, 1.54) is 23.4 Å². The minimum Gasteiger partial charge on any atom is -0.465 e. The normalized spacial score (nSPS) is 14.9. The second-order valence-electron chi connectivity index (χ2n) is 7.76. The zero-order chi connectivity index (χ0) is 23.3. The highest BCUT2D eigenvalue weighted by molar-refractivity contribution is 6.13.